The molecule has 28 heavy (non-hydrogen) atoms. The van der Waals surface area contributed by atoms with Crippen LogP contribution in [0.3, 0.4) is 0 Å². The number of hydrogen-bond acceptors (Lipinski definition) is 5. The fourth-order valence-electron chi connectivity index (χ4n) is 2.75. The summed E-state index contributed by atoms with van der Waals surface area (Å²) in [6, 6.07) is 6.90. The summed E-state index contributed by atoms with van der Waals surface area (Å²) in [6.45, 7) is 0.751. The Hall–Kier alpha value is -3.43. The monoisotopic (exact) mass is 389 g/mol. The molecule has 1 aliphatic heterocycles. The molecule has 0 spiro atoms. The van der Waals surface area contributed by atoms with Crippen molar-refractivity contribution in [2.24, 2.45) is 10.2 Å². The van der Waals surface area contributed by atoms with Crippen LogP contribution in [0.5, 0.6) is 0 Å². The summed E-state index contributed by atoms with van der Waals surface area (Å²) >= 11 is 0. The molecular formula is C18H14F3N5O2. The minimum absolute atomic E-state index is 0.111. The summed E-state index contributed by atoms with van der Waals surface area (Å²) < 4.78 is 45.6. The third-order valence-electron chi connectivity index (χ3n) is 4.36. The van der Waals surface area contributed by atoms with Crippen molar-refractivity contribution in [3.63, 3.8) is 0 Å². The molecule has 0 atom stereocenters. The van der Waals surface area contributed by atoms with Crippen LogP contribution in [-0.2, 0) is 12.2 Å². The number of furan rings is 1. The first kappa shape index (κ1) is 18.0. The summed E-state index contributed by atoms with van der Waals surface area (Å²) in [5, 5.41) is 13.2. The predicted molar refractivity (Wildman–Crippen MR) is 91.3 cm³/mol. The van der Waals surface area contributed by atoms with Gasteiger partial charge in [0.05, 0.1) is 25.3 Å². The van der Waals surface area contributed by atoms with Crippen molar-refractivity contribution < 1.29 is 22.4 Å². The first-order valence-electron chi connectivity index (χ1n) is 8.34. The van der Waals surface area contributed by atoms with E-state index in [0.29, 0.717) is 13.1 Å². The third-order valence-corrected chi connectivity index (χ3v) is 4.36. The van der Waals surface area contributed by atoms with Gasteiger partial charge < -0.3 is 9.73 Å². The van der Waals surface area contributed by atoms with Crippen LogP contribution in [0.4, 0.5) is 13.2 Å². The lowest BCUT2D eigenvalue weighted by molar-refractivity contribution is -0.166. The topological polar surface area (TPSA) is 84.8 Å². The van der Waals surface area contributed by atoms with Crippen LogP contribution in [0.15, 0.2) is 69.9 Å². The molecule has 1 aliphatic rings. The Bertz CT molecular complexity index is 1000. The van der Waals surface area contributed by atoms with Crippen molar-refractivity contribution >= 4 is 5.91 Å². The van der Waals surface area contributed by atoms with E-state index in [1.54, 1.807) is 23.4 Å². The van der Waals surface area contributed by atoms with Gasteiger partial charge in [-0.2, -0.15) is 18.3 Å². The molecule has 0 aliphatic carbocycles. The summed E-state index contributed by atoms with van der Waals surface area (Å²) in [5.41, 5.74) is -0.540. The molecule has 1 amide bonds. The zero-order valence-electron chi connectivity index (χ0n) is 14.3. The quantitative estimate of drug-likeness (QED) is 0.697. The largest absolute Gasteiger partial charge is 0.472 e. The highest BCUT2D eigenvalue weighted by Gasteiger charge is 2.65. The maximum Gasteiger partial charge on any atom is 0.442 e. The highest BCUT2D eigenvalue weighted by atomic mass is 19.4. The van der Waals surface area contributed by atoms with E-state index in [2.05, 4.69) is 20.6 Å². The average Bonchev–Trinajstić information content (AvgIpc) is 3.10. The van der Waals surface area contributed by atoms with E-state index < -0.39 is 11.8 Å². The number of nitrogens with one attached hydrogen (secondary N) is 1. The van der Waals surface area contributed by atoms with Gasteiger partial charge in [-0.1, -0.05) is 12.1 Å². The second-order valence-corrected chi connectivity index (χ2v) is 6.21. The Morgan fingerprint density at radius 2 is 1.89 bits per heavy atom. The molecule has 2 aromatic heterocycles. The molecule has 0 bridgehead atoms. The summed E-state index contributed by atoms with van der Waals surface area (Å²) in [5.74, 6) is -0.389. The normalized spacial score (nSPS) is 14.8. The number of benzene rings is 1. The van der Waals surface area contributed by atoms with Gasteiger partial charge in [0.2, 0.25) is 0 Å². The summed E-state index contributed by atoms with van der Waals surface area (Å²) in [7, 11) is 0. The van der Waals surface area contributed by atoms with E-state index in [-0.39, 0.29) is 17.0 Å². The van der Waals surface area contributed by atoms with Crippen molar-refractivity contribution in [1.29, 1.82) is 0 Å². The third kappa shape index (κ3) is 3.28. The number of amides is 1. The van der Waals surface area contributed by atoms with Gasteiger partial charge in [-0.3, -0.25) is 9.48 Å². The highest BCUT2D eigenvalue weighted by molar-refractivity contribution is 5.94. The van der Waals surface area contributed by atoms with E-state index in [1.165, 1.54) is 24.3 Å². The maximum absolute atomic E-state index is 13.0. The van der Waals surface area contributed by atoms with Crippen molar-refractivity contribution in [1.82, 2.24) is 15.1 Å². The van der Waals surface area contributed by atoms with Crippen molar-refractivity contribution in [3.8, 4) is 11.1 Å². The van der Waals surface area contributed by atoms with Gasteiger partial charge in [-0.25, -0.2) is 0 Å². The average molecular weight is 389 g/mol. The molecule has 144 valence electrons. The molecule has 0 saturated carbocycles. The van der Waals surface area contributed by atoms with Crippen LogP contribution < -0.4 is 5.32 Å². The summed E-state index contributed by atoms with van der Waals surface area (Å²) in [6.07, 6.45) is 2.11. The van der Waals surface area contributed by atoms with Gasteiger partial charge >= 0.3 is 11.8 Å². The van der Waals surface area contributed by atoms with Crippen LogP contribution in [0.1, 0.15) is 15.9 Å². The molecule has 0 saturated heterocycles. The standard InChI is InChI=1S/C18H14F3N5O2/c19-18(20,21)17(24-25-17)15-3-1-12(2-4-15)16(27)22-6-7-26-10-14(9-23-26)13-5-8-28-11-13/h1-5,8-11H,6-7H2,(H,22,27). The van der Waals surface area contributed by atoms with Gasteiger partial charge in [-0.15, -0.1) is 10.2 Å². The molecule has 4 rings (SSSR count). The van der Waals surface area contributed by atoms with E-state index in [0.717, 1.165) is 11.1 Å². The van der Waals surface area contributed by atoms with Crippen molar-refractivity contribution in [3.05, 3.63) is 66.4 Å². The number of aromatic nitrogens is 2. The number of rotatable bonds is 6. The Balaban J connectivity index is 1.32. The van der Waals surface area contributed by atoms with Crippen LogP contribution in [0.2, 0.25) is 0 Å². The molecule has 3 heterocycles. The molecule has 1 aromatic carbocycles. The molecule has 0 unspecified atom stereocenters. The van der Waals surface area contributed by atoms with E-state index in [9.17, 15) is 18.0 Å². The smallest absolute Gasteiger partial charge is 0.442 e. The number of hydrogen-bond donors (Lipinski definition) is 1. The van der Waals surface area contributed by atoms with E-state index in [1.807, 2.05) is 12.3 Å². The van der Waals surface area contributed by atoms with Gasteiger partial charge in [0.1, 0.15) is 0 Å². The Kier molecular flexibility index (Phi) is 4.25. The van der Waals surface area contributed by atoms with Crippen LogP contribution in [-0.4, -0.2) is 28.4 Å². The number of halogens is 3. The second kappa shape index (κ2) is 6.63. The minimum Gasteiger partial charge on any atom is -0.472 e. The Morgan fingerprint density at radius 1 is 1.14 bits per heavy atom. The molecule has 10 heteroatoms. The highest BCUT2D eigenvalue weighted by Crippen LogP contribution is 2.52. The minimum atomic E-state index is -4.59. The second-order valence-electron chi connectivity index (χ2n) is 6.21. The van der Waals surface area contributed by atoms with Gasteiger partial charge in [-0.05, 0) is 18.2 Å². The lowest BCUT2D eigenvalue weighted by Gasteiger charge is -2.15. The van der Waals surface area contributed by atoms with Gasteiger partial charge in [0.25, 0.3) is 5.91 Å². The predicted octanol–water partition coefficient (Wildman–Crippen LogP) is 3.75. The first-order valence-corrected chi connectivity index (χ1v) is 8.34. The fraction of sp³-hybridized carbons (Fsp3) is 0.222. The molecule has 7 nitrogen and oxygen atoms in total. The van der Waals surface area contributed by atoms with Crippen molar-refractivity contribution in [2.75, 3.05) is 6.54 Å². The van der Waals surface area contributed by atoms with Crippen LogP contribution >= 0.6 is 0 Å². The van der Waals surface area contributed by atoms with Gasteiger partial charge in [0.15, 0.2) is 0 Å². The van der Waals surface area contributed by atoms with Crippen LogP contribution in [0, 0.1) is 0 Å². The number of nitrogens with zero attached hydrogens (tertiary/aromatic N) is 4. The zero-order valence-corrected chi connectivity index (χ0v) is 14.3. The number of carbonyl (C=O) groups is 1. The molecular weight excluding hydrogens is 375 g/mol. The fourth-order valence-corrected chi connectivity index (χ4v) is 2.75. The molecule has 3 aromatic rings. The Labute approximate surface area is 156 Å². The molecule has 0 radical (unpaired) electrons. The lowest BCUT2D eigenvalue weighted by Crippen LogP contribution is -2.30. The van der Waals surface area contributed by atoms with E-state index in [4.69, 9.17) is 4.42 Å². The maximum atomic E-state index is 13.0. The molecule has 0 fully saturated rings. The summed E-state index contributed by atoms with van der Waals surface area (Å²) in [4.78, 5) is 12.2. The SMILES string of the molecule is O=C(NCCn1cc(-c2ccoc2)cn1)c1ccc(C2(C(F)(F)F)N=N2)cc1. The first-order chi connectivity index (χ1) is 13.4. The Morgan fingerprint density at radius 3 is 2.50 bits per heavy atom. The van der Waals surface area contributed by atoms with Gasteiger partial charge in [0, 0.05) is 35.0 Å². The van der Waals surface area contributed by atoms with Crippen molar-refractivity contribution in [2.45, 2.75) is 18.4 Å². The number of carbonyl (C=O) groups excluding carboxylic acids is 1. The zero-order chi connectivity index (χ0) is 19.8. The number of alkyl halides is 3. The van der Waals surface area contributed by atoms with Crippen LogP contribution in [0.25, 0.3) is 11.1 Å². The van der Waals surface area contributed by atoms with E-state index >= 15 is 0 Å². The molecule has 1 N–H and O–H groups in total. The lowest BCUT2D eigenvalue weighted by atomic mass is 10.0.